The summed E-state index contributed by atoms with van der Waals surface area (Å²) in [5.74, 6) is -0.906. The number of primary amides is 1. The Bertz CT molecular complexity index is 516. The number of likely N-dealkylation sites (tertiary alicyclic amines) is 1. The van der Waals surface area contributed by atoms with Gasteiger partial charge in [-0.2, -0.15) is 0 Å². The van der Waals surface area contributed by atoms with E-state index in [0.29, 0.717) is 13.0 Å². The zero-order chi connectivity index (χ0) is 14.5. The SMILES string of the molecule is NC(=O)C[NH2+]C1CC(=O)N(CCc2ccccc2)C1=O. The first-order valence-electron chi connectivity index (χ1n) is 6.57. The number of amides is 3. The van der Waals surface area contributed by atoms with Crippen LogP contribution in [0.25, 0.3) is 0 Å². The van der Waals surface area contributed by atoms with Crippen molar-refractivity contribution in [2.24, 2.45) is 5.73 Å². The summed E-state index contributed by atoms with van der Waals surface area (Å²) < 4.78 is 0. The Morgan fingerprint density at radius 1 is 1.30 bits per heavy atom. The second kappa shape index (κ2) is 6.29. The van der Waals surface area contributed by atoms with Crippen LogP contribution < -0.4 is 11.1 Å². The molecule has 0 bridgehead atoms. The summed E-state index contributed by atoms with van der Waals surface area (Å²) >= 11 is 0. The van der Waals surface area contributed by atoms with Crippen LogP contribution in [0.15, 0.2) is 30.3 Å². The molecule has 1 aromatic carbocycles. The fourth-order valence-corrected chi connectivity index (χ4v) is 2.27. The third kappa shape index (κ3) is 3.42. The molecule has 1 atom stereocenters. The number of hydrogen-bond acceptors (Lipinski definition) is 3. The standard InChI is InChI=1S/C14H17N3O3/c15-12(18)9-16-11-8-13(19)17(14(11)20)7-6-10-4-2-1-3-5-10/h1-5,11,16H,6-9H2,(H2,15,18)/p+1. The lowest BCUT2D eigenvalue weighted by molar-refractivity contribution is -0.664. The summed E-state index contributed by atoms with van der Waals surface area (Å²) in [6.45, 7) is 0.402. The van der Waals surface area contributed by atoms with E-state index < -0.39 is 11.9 Å². The molecule has 1 saturated heterocycles. The summed E-state index contributed by atoms with van der Waals surface area (Å²) in [5.41, 5.74) is 6.12. The fourth-order valence-electron chi connectivity index (χ4n) is 2.27. The van der Waals surface area contributed by atoms with Crippen molar-refractivity contribution in [3.63, 3.8) is 0 Å². The van der Waals surface area contributed by atoms with Gasteiger partial charge in [0.1, 0.15) is 0 Å². The third-order valence-electron chi connectivity index (χ3n) is 3.35. The van der Waals surface area contributed by atoms with Crippen LogP contribution in [0.2, 0.25) is 0 Å². The summed E-state index contributed by atoms with van der Waals surface area (Å²) in [6.07, 6.45) is 0.780. The maximum Gasteiger partial charge on any atom is 0.287 e. The minimum atomic E-state index is -0.509. The van der Waals surface area contributed by atoms with Gasteiger partial charge in [0.15, 0.2) is 12.6 Å². The van der Waals surface area contributed by atoms with Crippen molar-refractivity contribution in [3.8, 4) is 0 Å². The Morgan fingerprint density at radius 2 is 2.00 bits per heavy atom. The number of hydrogen-bond donors (Lipinski definition) is 2. The molecule has 0 aliphatic carbocycles. The Balaban J connectivity index is 1.90. The van der Waals surface area contributed by atoms with Crippen molar-refractivity contribution >= 4 is 17.7 Å². The molecule has 106 valence electrons. The maximum atomic E-state index is 12.1. The molecule has 1 heterocycles. The van der Waals surface area contributed by atoms with Crippen molar-refractivity contribution in [1.82, 2.24) is 4.90 Å². The van der Waals surface area contributed by atoms with Crippen LogP contribution in [-0.2, 0) is 20.8 Å². The van der Waals surface area contributed by atoms with Gasteiger partial charge in [0.05, 0.1) is 6.42 Å². The van der Waals surface area contributed by atoms with Gasteiger partial charge >= 0.3 is 0 Å². The van der Waals surface area contributed by atoms with Crippen molar-refractivity contribution in [2.75, 3.05) is 13.1 Å². The molecule has 1 unspecified atom stereocenters. The van der Waals surface area contributed by atoms with Crippen LogP contribution in [0, 0.1) is 0 Å². The lowest BCUT2D eigenvalue weighted by Gasteiger charge is -2.13. The van der Waals surface area contributed by atoms with Crippen molar-refractivity contribution in [1.29, 1.82) is 0 Å². The molecule has 4 N–H and O–H groups in total. The van der Waals surface area contributed by atoms with E-state index in [4.69, 9.17) is 5.73 Å². The summed E-state index contributed by atoms with van der Waals surface area (Å²) in [7, 11) is 0. The lowest BCUT2D eigenvalue weighted by atomic mass is 10.1. The van der Waals surface area contributed by atoms with Crippen molar-refractivity contribution in [3.05, 3.63) is 35.9 Å². The summed E-state index contributed by atoms with van der Waals surface area (Å²) in [4.78, 5) is 35.9. The van der Waals surface area contributed by atoms with Crippen LogP contribution in [0.5, 0.6) is 0 Å². The second-order valence-electron chi connectivity index (χ2n) is 4.84. The Hall–Kier alpha value is -2.21. The van der Waals surface area contributed by atoms with Crippen LogP contribution in [0.1, 0.15) is 12.0 Å². The molecule has 3 amide bonds. The van der Waals surface area contributed by atoms with E-state index >= 15 is 0 Å². The molecule has 0 saturated carbocycles. The second-order valence-corrected chi connectivity index (χ2v) is 4.84. The van der Waals surface area contributed by atoms with Crippen LogP contribution in [0.3, 0.4) is 0 Å². The zero-order valence-corrected chi connectivity index (χ0v) is 11.1. The van der Waals surface area contributed by atoms with E-state index in [1.54, 1.807) is 0 Å². The molecule has 6 nitrogen and oxygen atoms in total. The van der Waals surface area contributed by atoms with E-state index in [2.05, 4.69) is 0 Å². The summed E-state index contributed by atoms with van der Waals surface area (Å²) in [6, 6.07) is 9.18. The zero-order valence-electron chi connectivity index (χ0n) is 11.1. The van der Waals surface area contributed by atoms with E-state index in [9.17, 15) is 14.4 Å². The molecule has 0 radical (unpaired) electrons. The minimum Gasteiger partial charge on any atom is -0.365 e. The maximum absolute atomic E-state index is 12.1. The first kappa shape index (κ1) is 14.2. The normalized spacial score (nSPS) is 18.6. The first-order valence-corrected chi connectivity index (χ1v) is 6.57. The highest BCUT2D eigenvalue weighted by Gasteiger charge is 2.40. The Labute approximate surface area is 116 Å². The molecule has 6 heteroatoms. The highest BCUT2D eigenvalue weighted by molar-refractivity contribution is 6.04. The molecule has 1 aliphatic rings. The molecular weight excluding hydrogens is 258 g/mol. The van der Waals surface area contributed by atoms with Gasteiger partial charge in [-0.05, 0) is 12.0 Å². The lowest BCUT2D eigenvalue weighted by Crippen LogP contribution is -2.93. The highest BCUT2D eigenvalue weighted by Crippen LogP contribution is 2.11. The van der Waals surface area contributed by atoms with E-state index in [1.165, 1.54) is 10.2 Å². The molecular formula is C14H18N3O3+. The molecule has 0 spiro atoms. The van der Waals surface area contributed by atoms with Gasteiger partial charge in [-0.3, -0.25) is 19.3 Å². The Morgan fingerprint density at radius 3 is 2.65 bits per heavy atom. The van der Waals surface area contributed by atoms with Gasteiger partial charge < -0.3 is 11.1 Å². The predicted molar refractivity (Wildman–Crippen MR) is 71.3 cm³/mol. The van der Waals surface area contributed by atoms with Crippen LogP contribution in [-0.4, -0.2) is 41.8 Å². The molecule has 20 heavy (non-hydrogen) atoms. The van der Waals surface area contributed by atoms with Gasteiger partial charge in [-0.25, -0.2) is 0 Å². The number of benzene rings is 1. The van der Waals surface area contributed by atoms with Gasteiger partial charge in [0.25, 0.3) is 11.8 Å². The minimum absolute atomic E-state index is 0.0240. The quantitative estimate of drug-likeness (QED) is 0.613. The van der Waals surface area contributed by atoms with Crippen molar-refractivity contribution in [2.45, 2.75) is 18.9 Å². The number of carbonyl (C=O) groups excluding carboxylic acids is 3. The molecule has 1 aromatic rings. The number of nitrogens with two attached hydrogens (primary N) is 2. The van der Waals surface area contributed by atoms with Gasteiger partial charge in [0, 0.05) is 6.54 Å². The number of imide groups is 1. The average molecular weight is 276 g/mol. The number of nitrogens with zero attached hydrogens (tertiary/aromatic N) is 1. The largest absolute Gasteiger partial charge is 0.365 e. The van der Waals surface area contributed by atoms with Gasteiger partial charge in [-0.1, -0.05) is 30.3 Å². The fraction of sp³-hybridized carbons (Fsp3) is 0.357. The van der Waals surface area contributed by atoms with Gasteiger partial charge in [-0.15, -0.1) is 0 Å². The molecule has 0 aromatic heterocycles. The number of carbonyl (C=O) groups is 3. The monoisotopic (exact) mass is 276 g/mol. The molecule has 1 fully saturated rings. The Kier molecular flexibility index (Phi) is 4.47. The topological polar surface area (TPSA) is 97.1 Å². The molecule has 2 rings (SSSR count). The van der Waals surface area contributed by atoms with Crippen LogP contribution >= 0.6 is 0 Å². The van der Waals surface area contributed by atoms with Crippen LogP contribution in [0.4, 0.5) is 0 Å². The smallest absolute Gasteiger partial charge is 0.287 e. The van der Waals surface area contributed by atoms with Crippen molar-refractivity contribution < 1.29 is 19.7 Å². The van der Waals surface area contributed by atoms with E-state index in [1.807, 2.05) is 30.3 Å². The number of rotatable bonds is 6. The first-order chi connectivity index (χ1) is 9.58. The van der Waals surface area contributed by atoms with Gasteiger partial charge in [0.2, 0.25) is 5.91 Å². The number of quaternary nitrogens is 1. The molecule has 1 aliphatic heterocycles. The predicted octanol–water partition coefficient (Wildman–Crippen LogP) is -1.59. The third-order valence-corrected chi connectivity index (χ3v) is 3.35. The average Bonchev–Trinajstić information content (AvgIpc) is 2.70. The summed E-state index contributed by atoms with van der Waals surface area (Å²) in [5, 5.41) is 1.53. The van der Waals surface area contributed by atoms with E-state index in [-0.39, 0.29) is 24.8 Å². The van der Waals surface area contributed by atoms with E-state index in [0.717, 1.165) is 5.56 Å². The highest BCUT2D eigenvalue weighted by atomic mass is 16.2.